The van der Waals surface area contributed by atoms with Gasteiger partial charge in [0.25, 0.3) is 0 Å². The molecule has 0 bridgehead atoms. The largest absolute Gasteiger partial charge is 0.364 e. The van der Waals surface area contributed by atoms with Gasteiger partial charge in [0.15, 0.2) is 0 Å². The normalized spacial score (nSPS) is 22.0. The Morgan fingerprint density at radius 2 is 2.00 bits per heavy atom. The molecule has 1 heterocycles. The fourth-order valence-electron chi connectivity index (χ4n) is 1.78. The van der Waals surface area contributed by atoms with E-state index >= 15 is 0 Å². The first-order chi connectivity index (χ1) is 6.77. The van der Waals surface area contributed by atoms with Crippen molar-refractivity contribution in [3.63, 3.8) is 0 Å². The van der Waals surface area contributed by atoms with Gasteiger partial charge in [-0.1, -0.05) is 30.3 Å². The minimum Gasteiger partial charge on any atom is -0.364 e. The van der Waals surface area contributed by atoms with Crippen molar-refractivity contribution in [1.82, 2.24) is 4.90 Å². The Labute approximate surface area is 85.3 Å². The average molecular weight is 188 g/mol. The third-order valence-corrected chi connectivity index (χ3v) is 2.82. The zero-order valence-electron chi connectivity index (χ0n) is 8.77. The molecule has 2 nitrogen and oxygen atoms in total. The number of hydrogen-bond donors (Lipinski definition) is 0. The highest BCUT2D eigenvalue weighted by Gasteiger charge is 2.16. The van der Waals surface area contributed by atoms with Gasteiger partial charge in [-0.15, -0.1) is 0 Å². The second-order valence-electron chi connectivity index (χ2n) is 3.81. The van der Waals surface area contributed by atoms with E-state index in [2.05, 4.69) is 54.2 Å². The summed E-state index contributed by atoms with van der Waals surface area (Å²) in [5, 5.41) is 0. The van der Waals surface area contributed by atoms with Gasteiger partial charge in [0.2, 0.25) is 0 Å². The van der Waals surface area contributed by atoms with Crippen molar-refractivity contribution in [3.8, 4) is 0 Å². The van der Waals surface area contributed by atoms with Gasteiger partial charge < -0.3 is 4.90 Å². The van der Waals surface area contributed by atoms with E-state index in [1.54, 1.807) is 0 Å². The molecule has 74 valence electrons. The van der Waals surface area contributed by atoms with Gasteiger partial charge in [-0.2, -0.15) is 0 Å². The summed E-state index contributed by atoms with van der Waals surface area (Å²) in [7, 11) is 2.10. The van der Waals surface area contributed by atoms with Crippen LogP contribution in [0.4, 0.5) is 0 Å². The summed E-state index contributed by atoms with van der Waals surface area (Å²) >= 11 is 0. The van der Waals surface area contributed by atoms with Crippen molar-refractivity contribution in [2.24, 2.45) is 4.99 Å². The van der Waals surface area contributed by atoms with E-state index in [4.69, 9.17) is 0 Å². The lowest BCUT2D eigenvalue weighted by Crippen LogP contribution is -2.30. The van der Waals surface area contributed by atoms with Crippen LogP contribution >= 0.6 is 0 Å². The molecular weight excluding hydrogens is 172 g/mol. The van der Waals surface area contributed by atoms with E-state index in [0.717, 1.165) is 18.8 Å². The topological polar surface area (TPSA) is 15.6 Å². The second-order valence-corrected chi connectivity index (χ2v) is 3.81. The molecule has 0 saturated carbocycles. The molecule has 0 radical (unpaired) electrons. The first-order valence-corrected chi connectivity index (χ1v) is 5.08. The molecule has 1 aromatic rings. The Bertz CT molecular complexity index is 329. The van der Waals surface area contributed by atoms with Crippen molar-refractivity contribution in [2.75, 3.05) is 13.6 Å². The van der Waals surface area contributed by atoms with E-state index < -0.39 is 0 Å². The highest BCUT2D eigenvalue weighted by atomic mass is 15.2. The molecule has 1 aliphatic heterocycles. The van der Waals surface area contributed by atoms with Gasteiger partial charge in [-0.25, -0.2) is 0 Å². The van der Waals surface area contributed by atoms with Crippen LogP contribution in [0.15, 0.2) is 35.3 Å². The van der Waals surface area contributed by atoms with E-state index in [1.165, 1.54) is 5.56 Å². The van der Waals surface area contributed by atoms with Crippen LogP contribution < -0.4 is 0 Å². The van der Waals surface area contributed by atoms with E-state index in [0.29, 0.717) is 6.04 Å². The van der Waals surface area contributed by atoms with Crippen molar-refractivity contribution in [3.05, 3.63) is 35.9 Å². The molecule has 0 aromatic heterocycles. The number of nitrogens with zero attached hydrogens (tertiary/aromatic N) is 2. The van der Waals surface area contributed by atoms with Crippen molar-refractivity contribution in [1.29, 1.82) is 0 Å². The van der Waals surface area contributed by atoms with Gasteiger partial charge in [0, 0.05) is 13.6 Å². The molecule has 1 atom stereocenters. The summed E-state index contributed by atoms with van der Waals surface area (Å²) in [6.07, 6.45) is 1.12. The molecule has 1 aliphatic rings. The van der Waals surface area contributed by atoms with Gasteiger partial charge in [-0.05, 0) is 18.9 Å². The second kappa shape index (κ2) is 3.82. The Morgan fingerprint density at radius 3 is 2.64 bits per heavy atom. The maximum atomic E-state index is 4.68. The standard InChI is InChI=1S/C12H16N2/c1-10-13-12(8-9-14(10)2)11-6-4-3-5-7-11/h3-7,12H,8-9H2,1-2H3. The molecule has 0 spiro atoms. The number of hydrogen-bond acceptors (Lipinski definition) is 2. The molecule has 0 fully saturated rings. The monoisotopic (exact) mass is 188 g/mol. The summed E-state index contributed by atoms with van der Waals surface area (Å²) in [5.74, 6) is 1.14. The van der Waals surface area contributed by atoms with Crippen LogP contribution in [0.3, 0.4) is 0 Å². The van der Waals surface area contributed by atoms with Crippen LogP contribution in [0.2, 0.25) is 0 Å². The van der Waals surface area contributed by atoms with Crippen LogP contribution in [-0.4, -0.2) is 24.3 Å². The fourth-order valence-corrected chi connectivity index (χ4v) is 1.78. The van der Waals surface area contributed by atoms with Gasteiger partial charge in [0.05, 0.1) is 11.9 Å². The molecule has 2 rings (SSSR count). The first kappa shape index (κ1) is 9.25. The zero-order valence-corrected chi connectivity index (χ0v) is 8.77. The summed E-state index contributed by atoms with van der Waals surface area (Å²) < 4.78 is 0. The summed E-state index contributed by atoms with van der Waals surface area (Å²) in [6, 6.07) is 10.9. The van der Waals surface area contributed by atoms with Crippen LogP contribution in [0.25, 0.3) is 0 Å². The first-order valence-electron chi connectivity index (χ1n) is 5.08. The van der Waals surface area contributed by atoms with Crippen LogP contribution in [0, 0.1) is 0 Å². The number of aliphatic imine (C=N–C) groups is 1. The maximum Gasteiger partial charge on any atom is 0.0962 e. The van der Waals surface area contributed by atoms with Crippen LogP contribution in [0.1, 0.15) is 24.9 Å². The fraction of sp³-hybridized carbons (Fsp3) is 0.417. The SMILES string of the molecule is CC1=NC(c2ccccc2)CCN1C. The lowest BCUT2D eigenvalue weighted by Gasteiger charge is -2.28. The summed E-state index contributed by atoms with van der Waals surface area (Å²) in [5.41, 5.74) is 1.33. The Morgan fingerprint density at radius 1 is 1.29 bits per heavy atom. The number of amidine groups is 1. The highest BCUT2D eigenvalue weighted by Crippen LogP contribution is 2.24. The third kappa shape index (κ3) is 1.79. The third-order valence-electron chi connectivity index (χ3n) is 2.82. The predicted molar refractivity (Wildman–Crippen MR) is 59.5 cm³/mol. The average Bonchev–Trinajstić information content (AvgIpc) is 2.23. The lowest BCUT2D eigenvalue weighted by atomic mass is 10.0. The van der Waals surface area contributed by atoms with E-state index in [-0.39, 0.29) is 0 Å². The Balaban J connectivity index is 2.22. The van der Waals surface area contributed by atoms with Crippen LogP contribution in [0.5, 0.6) is 0 Å². The lowest BCUT2D eigenvalue weighted by molar-refractivity contribution is 0.421. The zero-order chi connectivity index (χ0) is 9.97. The minimum atomic E-state index is 0.368. The van der Waals surface area contributed by atoms with Crippen molar-refractivity contribution in [2.45, 2.75) is 19.4 Å². The van der Waals surface area contributed by atoms with Crippen molar-refractivity contribution < 1.29 is 0 Å². The molecule has 0 amide bonds. The molecule has 1 unspecified atom stereocenters. The molecule has 1 aromatic carbocycles. The van der Waals surface area contributed by atoms with E-state index in [9.17, 15) is 0 Å². The van der Waals surface area contributed by atoms with Gasteiger partial charge >= 0.3 is 0 Å². The molecule has 0 aliphatic carbocycles. The number of benzene rings is 1. The highest BCUT2D eigenvalue weighted by molar-refractivity contribution is 5.80. The molecule has 14 heavy (non-hydrogen) atoms. The summed E-state index contributed by atoms with van der Waals surface area (Å²) in [6.45, 7) is 3.18. The number of rotatable bonds is 1. The smallest absolute Gasteiger partial charge is 0.0962 e. The molecule has 0 saturated heterocycles. The van der Waals surface area contributed by atoms with Gasteiger partial charge in [-0.3, -0.25) is 4.99 Å². The van der Waals surface area contributed by atoms with Crippen LogP contribution in [-0.2, 0) is 0 Å². The van der Waals surface area contributed by atoms with Crippen molar-refractivity contribution >= 4 is 5.84 Å². The summed E-state index contributed by atoms with van der Waals surface area (Å²) in [4.78, 5) is 6.88. The Hall–Kier alpha value is -1.31. The minimum absolute atomic E-state index is 0.368. The predicted octanol–water partition coefficient (Wildman–Crippen LogP) is 2.48. The quantitative estimate of drug-likeness (QED) is 0.661. The molecule has 2 heteroatoms. The van der Waals surface area contributed by atoms with Gasteiger partial charge in [0.1, 0.15) is 0 Å². The Kier molecular flexibility index (Phi) is 2.53. The van der Waals surface area contributed by atoms with E-state index in [1.807, 2.05) is 0 Å². The molecular formula is C12H16N2. The molecule has 0 N–H and O–H groups in total. The maximum absolute atomic E-state index is 4.68.